The van der Waals surface area contributed by atoms with Crippen LogP contribution in [0.4, 0.5) is 0 Å². The number of aliphatic hydroxyl groups is 1. The van der Waals surface area contributed by atoms with Crippen molar-refractivity contribution < 1.29 is 14.7 Å². The summed E-state index contributed by atoms with van der Waals surface area (Å²) in [4.78, 5) is 24.8. The molecule has 3 N–H and O–H groups in total. The van der Waals surface area contributed by atoms with Gasteiger partial charge in [-0.15, -0.1) is 13.2 Å². The predicted molar refractivity (Wildman–Crippen MR) is 129 cm³/mol. The molecule has 1 saturated heterocycles. The molecule has 0 radical (unpaired) electrons. The average molecular weight is 435 g/mol. The van der Waals surface area contributed by atoms with Gasteiger partial charge in [-0.2, -0.15) is 0 Å². The van der Waals surface area contributed by atoms with Gasteiger partial charge < -0.3 is 15.7 Å². The Balaban J connectivity index is 1.67. The summed E-state index contributed by atoms with van der Waals surface area (Å²) in [5, 5.41) is 19.3. The topological polar surface area (TPSA) is 78.4 Å². The number of nitrogens with one attached hydrogen (secondary N) is 2. The zero-order valence-electron chi connectivity index (χ0n) is 18.9. The van der Waals surface area contributed by atoms with E-state index < -0.39 is 17.2 Å². The van der Waals surface area contributed by atoms with Gasteiger partial charge in [-0.3, -0.25) is 9.59 Å². The number of carbonyl (C=O) groups is 2. The van der Waals surface area contributed by atoms with Gasteiger partial charge >= 0.3 is 0 Å². The highest BCUT2D eigenvalue weighted by Crippen LogP contribution is 2.31. The normalized spacial score (nSPS) is 19.4. The van der Waals surface area contributed by atoms with Crippen LogP contribution in [0.3, 0.4) is 0 Å². The molecule has 0 aromatic heterocycles. The first-order valence-corrected chi connectivity index (χ1v) is 11.3. The minimum atomic E-state index is -1.11. The lowest BCUT2D eigenvalue weighted by molar-refractivity contribution is -0.125. The number of hydrogen-bond donors (Lipinski definition) is 3. The van der Waals surface area contributed by atoms with Crippen LogP contribution in [0.25, 0.3) is 10.8 Å². The molecule has 1 fully saturated rings. The molecule has 2 aromatic rings. The molecule has 170 valence electrons. The van der Waals surface area contributed by atoms with Crippen molar-refractivity contribution in [2.45, 2.75) is 69.1 Å². The van der Waals surface area contributed by atoms with E-state index in [1.54, 1.807) is 19.1 Å². The van der Waals surface area contributed by atoms with Crippen LogP contribution in [0.15, 0.2) is 67.8 Å². The fraction of sp³-hybridized carbons (Fsp3) is 0.407. The van der Waals surface area contributed by atoms with Crippen LogP contribution in [0, 0.1) is 0 Å². The molecule has 1 aliphatic heterocycles. The molecule has 5 nitrogen and oxygen atoms in total. The summed E-state index contributed by atoms with van der Waals surface area (Å²) < 4.78 is 0. The van der Waals surface area contributed by atoms with Crippen LogP contribution in [0.2, 0.25) is 0 Å². The standard InChI is InChI=1S/C27H34N2O3/c1-4-14-27(32,15-5-2)20(3)28-24(30)12-16-26(17-13-25(31)29-26)19-21-10-11-22-8-6-7-9-23(22)18-21/h4-11,18,20,32H,1-2,12-17,19H2,3H3,(H,28,30)(H,29,31)/t20-,26+/m0/s1. The van der Waals surface area contributed by atoms with Crippen LogP contribution in [-0.2, 0) is 16.0 Å². The summed E-state index contributed by atoms with van der Waals surface area (Å²) in [6, 6.07) is 14.1. The molecule has 2 atom stereocenters. The van der Waals surface area contributed by atoms with Crippen LogP contribution < -0.4 is 10.6 Å². The third-order valence-corrected chi connectivity index (χ3v) is 6.60. The van der Waals surface area contributed by atoms with E-state index in [0.29, 0.717) is 38.5 Å². The molecule has 5 heteroatoms. The monoisotopic (exact) mass is 434 g/mol. The number of rotatable bonds is 11. The number of hydrogen-bond acceptors (Lipinski definition) is 3. The Morgan fingerprint density at radius 2 is 1.91 bits per heavy atom. The zero-order chi connectivity index (χ0) is 23.2. The first kappa shape index (κ1) is 23.7. The summed E-state index contributed by atoms with van der Waals surface area (Å²) in [7, 11) is 0. The molecule has 0 bridgehead atoms. The van der Waals surface area contributed by atoms with Gasteiger partial charge in [0.15, 0.2) is 0 Å². The maximum Gasteiger partial charge on any atom is 0.220 e. The fourth-order valence-corrected chi connectivity index (χ4v) is 4.66. The van der Waals surface area contributed by atoms with E-state index >= 15 is 0 Å². The number of fused-ring (bicyclic) bond motifs is 1. The lowest BCUT2D eigenvalue weighted by Crippen LogP contribution is -2.51. The number of carbonyl (C=O) groups excluding carboxylic acids is 2. The van der Waals surface area contributed by atoms with E-state index in [9.17, 15) is 14.7 Å². The van der Waals surface area contributed by atoms with Crippen LogP contribution in [0.1, 0.15) is 51.0 Å². The Kier molecular flexibility index (Phi) is 7.52. The molecule has 0 spiro atoms. The van der Waals surface area contributed by atoms with Crippen LogP contribution >= 0.6 is 0 Å². The van der Waals surface area contributed by atoms with Crippen molar-refractivity contribution in [3.8, 4) is 0 Å². The molecule has 2 amide bonds. The number of benzene rings is 2. The van der Waals surface area contributed by atoms with Crippen molar-refractivity contribution in [2.75, 3.05) is 0 Å². The summed E-state index contributed by atoms with van der Waals surface area (Å²) in [5.41, 5.74) is -0.395. The van der Waals surface area contributed by atoms with Crippen LogP contribution in [-0.4, -0.2) is 34.1 Å². The molecule has 0 unspecified atom stereocenters. The summed E-state index contributed by atoms with van der Waals surface area (Å²) in [5.74, 6) is -0.103. The third kappa shape index (κ3) is 5.65. The van der Waals surface area contributed by atoms with Gasteiger partial charge in [0.05, 0.1) is 11.6 Å². The van der Waals surface area contributed by atoms with Gasteiger partial charge in [-0.1, -0.05) is 54.6 Å². The minimum Gasteiger partial charge on any atom is -0.387 e. The Bertz CT molecular complexity index is 989. The Morgan fingerprint density at radius 3 is 2.53 bits per heavy atom. The van der Waals surface area contributed by atoms with Crippen molar-refractivity contribution in [3.05, 3.63) is 73.3 Å². The molecule has 1 aliphatic rings. The minimum absolute atomic E-state index is 0.0332. The second kappa shape index (κ2) is 10.1. The van der Waals surface area contributed by atoms with E-state index in [-0.39, 0.29) is 18.2 Å². The maximum atomic E-state index is 12.7. The summed E-state index contributed by atoms with van der Waals surface area (Å²) in [6.07, 6.45) is 6.72. The molecule has 3 rings (SSSR count). The molecule has 0 saturated carbocycles. The smallest absolute Gasteiger partial charge is 0.220 e. The van der Waals surface area contributed by atoms with Gasteiger partial charge in [0.25, 0.3) is 0 Å². The van der Waals surface area contributed by atoms with Gasteiger partial charge in [0.2, 0.25) is 11.8 Å². The lowest BCUT2D eigenvalue weighted by Gasteiger charge is -2.34. The lowest BCUT2D eigenvalue weighted by atomic mass is 9.84. The average Bonchev–Trinajstić information content (AvgIpc) is 3.13. The Labute approximate surface area is 190 Å². The van der Waals surface area contributed by atoms with Crippen molar-refractivity contribution in [3.63, 3.8) is 0 Å². The van der Waals surface area contributed by atoms with Crippen LogP contribution in [0.5, 0.6) is 0 Å². The Morgan fingerprint density at radius 1 is 1.22 bits per heavy atom. The van der Waals surface area contributed by atoms with E-state index in [1.165, 1.54) is 10.8 Å². The van der Waals surface area contributed by atoms with Crippen molar-refractivity contribution in [1.29, 1.82) is 0 Å². The van der Waals surface area contributed by atoms with Gasteiger partial charge in [0, 0.05) is 18.4 Å². The molecule has 32 heavy (non-hydrogen) atoms. The first-order chi connectivity index (χ1) is 15.3. The SMILES string of the molecule is C=CCC(O)(CC=C)[C@H](C)NC(=O)CC[C@]1(Cc2ccc3ccccc3c2)CCC(=O)N1. The second-order valence-electron chi connectivity index (χ2n) is 9.07. The van der Waals surface area contributed by atoms with Crippen molar-refractivity contribution in [2.24, 2.45) is 0 Å². The molecule has 0 aliphatic carbocycles. The maximum absolute atomic E-state index is 12.7. The Hall–Kier alpha value is -2.92. The predicted octanol–water partition coefficient (Wildman–Crippen LogP) is 4.20. The van der Waals surface area contributed by atoms with Gasteiger partial charge in [-0.25, -0.2) is 0 Å². The van der Waals surface area contributed by atoms with E-state index in [1.807, 2.05) is 12.1 Å². The van der Waals surface area contributed by atoms with Gasteiger partial charge in [-0.05, 0) is 55.4 Å². The fourth-order valence-electron chi connectivity index (χ4n) is 4.66. The third-order valence-electron chi connectivity index (χ3n) is 6.60. The molecule has 2 aromatic carbocycles. The van der Waals surface area contributed by atoms with E-state index in [2.05, 4.69) is 54.1 Å². The molecular weight excluding hydrogens is 400 g/mol. The van der Waals surface area contributed by atoms with Crippen molar-refractivity contribution in [1.82, 2.24) is 10.6 Å². The highest BCUT2D eigenvalue weighted by molar-refractivity contribution is 5.83. The number of amides is 2. The quantitative estimate of drug-likeness (QED) is 0.464. The van der Waals surface area contributed by atoms with E-state index in [0.717, 1.165) is 5.56 Å². The highest BCUT2D eigenvalue weighted by atomic mass is 16.3. The zero-order valence-corrected chi connectivity index (χ0v) is 18.9. The van der Waals surface area contributed by atoms with Crippen molar-refractivity contribution >= 4 is 22.6 Å². The van der Waals surface area contributed by atoms with Gasteiger partial charge in [0.1, 0.15) is 0 Å². The summed E-state index contributed by atoms with van der Waals surface area (Å²) >= 11 is 0. The first-order valence-electron chi connectivity index (χ1n) is 11.3. The second-order valence-corrected chi connectivity index (χ2v) is 9.07. The molecule has 1 heterocycles. The van der Waals surface area contributed by atoms with E-state index in [4.69, 9.17) is 0 Å². The summed E-state index contributed by atoms with van der Waals surface area (Å²) in [6.45, 7) is 9.21. The highest BCUT2D eigenvalue weighted by Gasteiger charge is 2.38. The molecular formula is C27H34N2O3. The largest absolute Gasteiger partial charge is 0.387 e.